The van der Waals surface area contributed by atoms with Crippen molar-refractivity contribution in [1.29, 1.82) is 0 Å². The van der Waals surface area contributed by atoms with Crippen molar-refractivity contribution in [2.24, 2.45) is 11.3 Å². The van der Waals surface area contributed by atoms with Crippen LogP contribution in [0.1, 0.15) is 49.1 Å². The molecule has 7 heteroatoms. The van der Waals surface area contributed by atoms with E-state index in [1.165, 1.54) is 11.1 Å². The number of ether oxygens (including phenoxy) is 1. The van der Waals surface area contributed by atoms with Gasteiger partial charge in [-0.25, -0.2) is 4.79 Å². The summed E-state index contributed by atoms with van der Waals surface area (Å²) in [7, 11) is 0. The van der Waals surface area contributed by atoms with E-state index in [4.69, 9.17) is 9.84 Å². The van der Waals surface area contributed by atoms with Crippen molar-refractivity contribution in [3.8, 4) is 11.1 Å². The number of amides is 2. The Bertz CT molecular complexity index is 1060. The average molecular weight is 463 g/mol. The maximum absolute atomic E-state index is 13.2. The van der Waals surface area contributed by atoms with Crippen LogP contribution in [0, 0.1) is 11.3 Å². The number of rotatable bonds is 7. The zero-order chi connectivity index (χ0) is 23.7. The Balaban J connectivity index is 1.18. The molecular weight excluding hydrogens is 432 g/mol. The van der Waals surface area contributed by atoms with E-state index in [0.29, 0.717) is 13.1 Å². The molecule has 1 saturated carbocycles. The normalized spacial score (nSPS) is 18.6. The van der Waals surface area contributed by atoms with Gasteiger partial charge in [-0.3, -0.25) is 9.59 Å². The largest absolute Gasteiger partial charge is 0.481 e. The number of carboxylic acids is 1. The molecule has 2 N–H and O–H groups in total. The molecule has 0 atom stereocenters. The van der Waals surface area contributed by atoms with Gasteiger partial charge in [0, 0.05) is 31.5 Å². The van der Waals surface area contributed by atoms with Gasteiger partial charge in [0.25, 0.3) is 0 Å². The molecule has 1 heterocycles. The van der Waals surface area contributed by atoms with E-state index >= 15 is 0 Å². The Kier molecular flexibility index (Phi) is 6.02. The molecule has 178 valence electrons. The van der Waals surface area contributed by atoms with Crippen LogP contribution in [0.15, 0.2) is 48.5 Å². The molecule has 2 aliphatic carbocycles. The maximum Gasteiger partial charge on any atom is 0.407 e. The first-order valence-electron chi connectivity index (χ1n) is 12.1. The molecule has 1 aliphatic heterocycles. The first-order valence-corrected chi connectivity index (χ1v) is 12.1. The number of carboxylic acid groups (broad SMARTS) is 1. The van der Waals surface area contributed by atoms with E-state index in [1.807, 2.05) is 24.3 Å². The van der Waals surface area contributed by atoms with Crippen LogP contribution in [0.4, 0.5) is 4.79 Å². The number of hydrogen-bond donors (Lipinski definition) is 2. The van der Waals surface area contributed by atoms with Crippen molar-refractivity contribution in [3.63, 3.8) is 0 Å². The number of hydrogen-bond acceptors (Lipinski definition) is 4. The van der Waals surface area contributed by atoms with Gasteiger partial charge in [-0.15, -0.1) is 0 Å². The third-order valence-corrected chi connectivity index (χ3v) is 7.64. The molecule has 1 saturated heterocycles. The molecular formula is C27H30N2O5. The van der Waals surface area contributed by atoms with Crippen LogP contribution in [0.2, 0.25) is 0 Å². The third kappa shape index (κ3) is 4.15. The van der Waals surface area contributed by atoms with Crippen molar-refractivity contribution >= 4 is 18.0 Å². The van der Waals surface area contributed by atoms with Crippen LogP contribution in [-0.2, 0) is 14.3 Å². The summed E-state index contributed by atoms with van der Waals surface area (Å²) in [6, 6.07) is 16.4. The van der Waals surface area contributed by atoms with Crippen LogP contribution >= 0.6 is 0 Å². The molecule has 3 aliphatic rings. The lowest BCUT2D eigenvalue weighted by atomic mass is 9.82. The summed E-state index contributed by atoms with van der Waals surface area (Å²) in [5.74, 6) is -0.780. The predicted molar refractivity (Wildman–Crippen MR) is 126 cm³/mol. The number of nitrogens with one attached hydrogen (secondary N) is 1. The summed E-state index contributed by atoms with van der Waals surface area (Å²) in [6.45, 7) is 1.46. The smallest absolute Gasteiger partial charge is 0.407 e. The molecule has 7 nitrogen and oxygen atoms in total. The van der Waals surface area contributed by atoms with Gasteiger partial charge in [0.05, 0.1) is 11.8 Å². The van der Waals surface area contributed by atoms with E-state index in [0.717, 1.165) is 36.8 Å². The van der Waals surface area contributed by atoms with E-state index in [2.05, 4.69) is 29.6 Å². The second kappa shape index (κ2) is 9.12. The molecule has 2 amide bonds. The average Bonchev–Trinajstić information content (AvgIpc) is 3.42. The second-order valence-electron chi connectivity index (χ2n) is 9.84. The van der Waals surface area contributed by atoms with Gasteiger partial charge in [-0.2, -0.15) is 0 Å². The number of benzene rings is 2. The minimum absolute atomic E-state index is 0.00696. The summed E-state index contributed by atoms with van der Waals surface area (Å²) >= 11 is 0. The molecule has 2 aromatic carbocycles. The molecule has 0 spiro atoms. The lowest BCUT2D eigenvalue weighted by Crippen LogP contribution is -2.57. The van der Waals surface area contributed by atoms with Crippen LogP contribution in [0.5, 0.6) is 0 Å². The molecule has 0 unspecified atom stereocenters. The van der Waals surface area contributed by atoms with Gasteiger partial charge in [0.1, 0.15) is 6.61 Å². The third-order valence-electron chi connectivity index (χ3n) is 7.64. The van der Waals surface area contributed by atoms with Crippen molar-refractivity contribution < 1.29 is 24.2 Å². The standard InChI is InChI=1S/C27H30N2O5/c30-24(31)13-18-14-29(15-18)25(32)27(11-5-6-12-27)17-28-26(33)34-16-23-21-9-3-1-7-19(21)20-8-2-4-10-22(20)23/h1-4,7-10,18,23H,5-6,11-17H2,(H,28,33)(H,30,31). The Hall–Kier alpha value is -3.35. The van der Waals surface area contributed by atoms with Crippen molar-refractivity contribution in [1.82, 2.24) is 10.2 Å². The Morgan fingerprint density at radius 3 is 2.15 bits per heavy atom. The van der Waals surface area contributed by atoms with Crippen molar-refractivity contribution in [2.75, 3.05) is 26.2 Å². The number of likely N-dealkylation sites (tertiary alicyclic amines) is 1. The first kappa shape index (κ1) is 22.4. The quantitative estimate of drug-likeness (QED) is 0.648. The van der Waals surface area contributed by atoms with Crippen LogP contribution in [0.3, 0.4) is 0 Å². The summed E-state index contributed by atoms with van der Waals surface area (Å²) in [5.41, 5.74) is 4.07. The van der Waals surface area contributed by atoms with Crippen LogP contribution < -0.4 is 5.32 Å². The number of fused-ring (bicyclic) bond motifs is 3. The minimum atomic E-state index is -0.829. The SMILES string of the molecule is O=C(O)CC1CN(C(=O)C2(CNC(=O)OCC3c4ccccc4-c4ccccc43)CCCC2)C1. The zero-order valence-corrected chi connectivity index (χ0v) is 19.2. The molecule has 0 aromatic heterocycles. The van der Waals surface area contributed by atoms with Gasteiger partial charge in [0.2, 0.25) is 5.91 Å². The van der Waals surface area contributed by atoms with Crippen LogP contribution in [0.25, 0.3) is 11.1 Å². The lowest BCUT2D eigenvalue weighted by Gasteiger charge is -2.43. The van der Waals surface area contributed by atoms with E-state index in [9.17, 15) is 14.4 Å². The van der Waals surface area contributed by atoms with Gasteiger partial charge < -0.3 is 20.1 Å². The highest BCUT2D eigenvalue weighted by molar-refractivity contribution is 5.85. The summed E-state index contributed by atoms with van der Waals surface area (Å²) in [4.78, 5) is 38.5. The maximum atomic E-state index is 13.2. The number of carbonyl (C=O) groups excluding carboxylic acids is 2. The Labute approximate surface area is 199 Å². The fourth-order valence-electron chi connectivity index (χ4n) is 5.86. The molecule has 2 fully saturated rings. The molecule has 0 bridgehead atoms. The lowest BCUT2D eigenvalue weighted by molar-refractivity contribution is -0.152. The van der Waals surface area contributed by atoms with Crippen molar-refractivity contribution in [2.45, 2.75) is 38.0 Å². The summed E-state index contributed by atoms with van der Waals surface area (Å²) in [5, 5.41) is 11.8. The fourth-order valence-corrected chi connectivity index (χ4v) is 5.86. The summed E-state index contributed by atoms with van der Waals surface area (Å²) in [6.07, 6.45) is 2.95. The number of aliphatic carboxylic acids is 1. The number of alkyl carbamates (subject to hydrolysis) is 1. The number of nitrogens with zero attached hydrogens (tertiary/aromatic N) is 1. The predicted octanol–water partition coefficient (Wildman–Crippen LogP) is 4.02. The van der Waals surface area contributed by atoms with Gasteiger partial charge in [0.15, 0.2) is 0 Å². The first-order chi connectivity index (χ1) is 16.5. The monoisotopic (exact) mass is 462 g/mol. The van der Waals surface area contributed by atoms with Crippen LogP contribution in [-0.4, -0.2) is 54.2 Å². The van der Waals surface area contributed by atoms with E-state index in [-0.39, 0.29) is 37.3 Å². The molecule has 5 rings (SSSR count). The van der Waals surface area contributed by atoms with E-state index < -0.39 is 17.5 Å². The van der Waals surface area contributed by atoms with Gasteiger partial charge in [-0.1, -0.05) is 61.4 Å². The second-order valence-corrected chi connectivity index (χ2v) is 9.84. The van der Waals surface area contributed by atoms with E-state index in [1.54, 1.807) is 4.90 Å². The molecule has 2 aromatic rings. The topological polar surface area (TPSA) is 95.9 Å². The van der Waals surface area contributed by atoms with Gasteiger partial charge in [-0.05, 0) is 35.1 Å². The highest BCUT2D eigenvalue weighted by Gasteiger charge is 2.47. The highest BCUT2D eigenvalue weighted by Crippen LogP contribution is 2.44. The fraction of sp³-hybridized carbons (Fsp3) is 0.444. The molecule has 0 radical (unpaired) electrons. The molecule has 34 heavy (non-hydrogen) atoms. The Morgan fingerprint density at radius 1 is 0.971 bits per heavy atom. The zero-order valence-electron chi connectivity index (χ0n) is 19.2. The number of carbonyl (C=O) groups is 3. The van der Waals surface area contributed by atoms with Gasteiger partial charge >= 0.3 is 12.1 Å². The summed E-state index contributed by atoms with van der Waals surface area (Å²) < 4.78 is 5.65. The Morgan fingerprint density at radius 2 is 1.56 bits per heavy atom. The minimum Gasteiger partial charge on any atom is -0.481 e. The van der Waals surface area contributed by atoms with Crippen molar-refractivity contribution in [3.05, 3.63) is 59.7 Å². The highest BCUT2D eigenvalue weighted by atomic mass is 16.5.